The summed E-state index contributed by atoms with van der Waals surface area (Å²) in [6.07, 6.45) is 6.04. The highest BCUT2D eigenvalue weighted by molar-refractivity contribution is 5.05. The van der Waals surface area contributed by atoms with Crippen LogP contribution in [0.1, 0.15) is 25.6 Å². The van der Waals surface area contributed by atoms with Crippen LogP contribution < -0.4 is 0 Å². The highest BCUT2D eigenvalue weighted by atomic mass is 16.5. The number of nitrogens with zero attached hydrogens (tertiary/aromatic N) is 2. The van der Waals surface area contributed by atoms with Crippen LogP contribution in [-0.2, 0) is 17.7 Å². The summed E-state index contributed by atoms with van der Waals surface area (Å²) in [6, 6.07) is 0. The number of methoxy groups -OCH3 is 1. The van der Waals surface area contributed by atoms with Gasteiger partial charge >= 0.3 is 0 Å². The molecule has 0 unspecified atom stereocenters. The van der Waals surface area contributed by atoms with Gasteiger partial charge in [0.1, 0.15) is 5.82 Å². The van der Waals surface area contributed by atoms with Crippen LogP contribution >= 0.6 is 0 Å². The lowest BCUT2D eigenvalue weighted by molar-refractivity contribution is -0.127. The van der Waals surface area contributed by atoms with Gasteiger partial charge in [-0.1, -0.05) is 0 Å². The molecule has 84 valence electrons. The van der Waals surface area contributed by atoms with Gasteiger partial charge in [-0.25, -0.2) is 4.98 Å². The van der Waals surface area contributed by atoms with Crippen LogP contribution in [0.5, 0.6) is 0 Å². The summed E-state index contributed by atoms with van der Waals surface area (Å²) in [5, 5.41) is 10.2. The molecule has 1 saturated carbocycles. The molecule has 0 radical (unpaired) electrons. The molecule has 0 amide bonds. The molecular weight excluding hydrogens is 192 g/mol. The van der Waals surface area contributed by atoms with Gasteiger partial charge in [0.05, 0.1) is 11.7 Å². The maximum absolute atomic E-state index is 10.2. The second-order valence-corrected chi connectivity index (χ2v) is 4.30. The highest BCUT2D eigenvalue weighted by Gasteiger charge is 2.43. The Kier molecular flexibility index (Phi) is 2.80. The zero-order chi connectivity index (χ0) is 10.9. The Bertz CT molecular complexity index is 329. The quantitative estimate of drug-likeness (QED) is 0.806. The van der Waals surface area contributed by atoms with E-state index in [1.165, 1.54) is 0 Å². The molecule has 1 aromatic heterocycles. The summed E-state index contributed by atoms with van der Waals surface area (Å²) in [6.45, 7) is 2.98. The van der Waals surface area contributed by atoms with Gasteiger partial charge in [-0.15, -0.1) is 0 Å². The molecule has 1 heterocycles. The summed E-state index contributed by atoms with van der Waals surface area (Å²) < 4.78 is 7.24. The van der Waals surface area contributed by atoms with Crippen molar-refractivity contribution < 1.29 is 9.84 Å². The lowest BCUT2D eigenvalue weighted by Gasteiger charge is -2.42. The normalized spacial score (nSPS) is 30.2. The highest BCUT2D eigenvalue weighted by Crippen LogP contribution is 2.36. The molecule has 0 bridgehead atoms. The molecule has 1 N–H and O–H groups in total. The van der Waals surface area contributed by atoms with E-state index in [1.807, 2.05) is 6.20 Å². The van der Waals surface area contributed by atoms with Crippen molar-refractivity contribution in [1.29, 1.82) is 0 Å². The van der Waals surface area contributed by atoms with E-state index in [0.29, 0.717) is 6.42 Å². The van der Waals surface area contributed by atoms with E-state index in [1.54, 1.807) is 13.3 Å². The first-order valence-electron chi connectivity index (χ1n) is 5.42. The van der Waals surface area contributed by atoms with E-state index < -0.39 is 5.60 Å². The first-order chi connectivity index (χ1) is 7.17. The SMILES string of the molecule is CCn1ccnc1CC1(O)CC(OC)C1. The molecule has 4 heteroatoms. The minimum atomic E-state index is -0.598. The summed E-state index contributed by atoms with van der Waals surface area (Å²) in [7, 11) is 1.69. The van der Waals surface area contributed by atoms with E-state index >= 15 is 0 Å². The van der Waals surface area contributed by atoms with E-state index in [2.05, 4.69) is 16.5 Å². The van der Waals surface area contributed by atoms with Crippen molar-refractivity contribution in [3.8, 4) is 0 Å². The Morgan fingerprint density at radius 2 is 2.40 bits per heavy atom. The van der Waals surface area contributed by atoms with Crippen molar-refractivity contribution in [2.24, 2.45) is 0 Å². The standard InChI is InChI=1S/C11H18N2O2/c1-3-13-5-4-12-10(13)8-11(14)6-9(7-11)15-2/h4-5,9,14H,3,6-8H2,1-2H3. The van der Waals surface area contributed by atoms with Crippen LogP contribution in [0.4, 0.5) is 0 Å². The number of rotatable bonds is 4. The third-order valence-corrected chi connectivity index (χ3v) is 3.18. The third kappa shape index (κ3) is 2.06. The Balaban J connectivity index is 1.98. The number of aromatic nitrogens is 2. The number of ether oxygens (including phenoxy) is 1. The molecule has 1 aliphatic rings. The lowest BCUT2D eigenvalue weighted by atomic mass is 9.75. The van der Waals surface area contributed by atoms with Gasteiger partial charge in [-0.2, -0.15) is 0 Å². The minimum Gasteiger partial charge on any atom is -0.389 e. The second-order valence-electron chi connectivity index (χ2n) is 4.30. The molecule has 0 aromatic carbocycles. The van der Waals surface area contributed by atoms with Gasteiger partial charge in [-0.05, 0) is 6.92 Å². The third-order valence-electron chi connectivity index (χ3n) is 3.18. The summed E-state index contributed by atoms with van der Waals surface area (Å²) in [5.41, 5.74) is -0.598. The maximum atomic E-state index is 10.2. The molecule has 0 atom stereocenters. The number of hydrogen-bond acceptors (Lipinski definition) is 3. The Labute approximate surface area is 89.9 Å². The Hall–Kier alpha value is -0.870. The number of hydrogen-bond donors (Lipinski definition) is 1. The molecule has 0 aliphatic heterocycles. The van der Waals surface area contributed by atoms with Gasteiger partial charge in [0.25, 0.3) is 0 Å². The van der Waals surface area contributed by atoms with Gasteiger partial charge < -0.3 is 14.4 Å². The fourth-order valence-electron chi connectivity index (χ4n) is 2.19. The monoisotopic (exact) mass is 210 g/mol. The molecule has 15 heavy (non-hydrogen) atoms. The van der Waals surface area contributed by atoms with E-state index in [-0.39, 0.29) is 6.10 Å². The van der Waals surface area contributed by atoms with Crippen LogP contribution in [0.15, 0.2) is 12.4 Å². The first kappa shape index (κ1) is 10.6. The van der Waals surface area contributed by atoms with Crippen molar-refractivity contribution in [1.82, 2.24) is 9.55 Å². The fraction of sp³-hybridized carbons (Fsp3) is 0.727. The fourth-order valence-corrected chi connectivity index (χ4v) is 2.19. The molecule has 0 saturated heterocycles. The van der Waals surface area contributed by atoms with E-state index in [9.17, 15) is 5.11 Å². The molecule has 4 nitrogen and oxygen atoms in total. The largest absolute Gasteiger partial charge is 0.389 e. The van der Waals surface area contributed by atoms with Crippen LogP contribution in [0, 0.1) is 0 Å². The van der Waals surface area contributed by atoms with Crippen LogP contribution in [0.25, 0.3) is 0 Å². The van der Waals surface area contributed by atoms with Gasteiger partial charge in [0, 0.05) is 45.3 Å². The summed E-state index contributed by atoms with van der Waals surface area (Å²) in [4.78, 5) is 4.27. The van der Waals surface area contributed by atoms with Gasteiger partial charge in [0.15, 0.2) is 0 Å². The van der Waals surface area contributed by atoms with Crippen LogP contribution in [-0.4, -0.2) is 33.5 Å². The van der Waals surface area contributed by atoms with E-state index in [4.69, 9.17) is 4.74 Å². The average molecular weight is 210 g/mol. The van der Waals surface area contributed by atoms with Crippen molar-refractivity contribution in [2.45, 2.75) is 44.4 Å². The van der Waals surface area contributed by atoms with Crippen molar-refractivity contribution in [3.63, 3.8) is 0 Å². The van der Waals surface area contributed by atoms with Gasteiger partial charge in [-0.3, -0.25) is 0 Å². The summed E-state index contributed by atoms with van der Waals surface area (Å²) in [5.74, 6) is 0.967. The zero-order valence-electron chi connectivity index (χ0n) is 9.31. The molecule has 0 spiro atoms. The lowest BCUT2D eigenvalue weighted by Crippen LogP contribution is -2.50. The second kappa shape index (κ2) is 3.94. The maximum Gasteiger partial charge on any atom is 0.111 e. The predicted molar refractivity (Wildman–Crippen MR) is 56.6 cm³/mol. The zero-order valence-corrected chi connectivity index (χ0v) is 9.31. The minimum absolute atomic E-state index is 0.222. The Morgan fingerprint density at radius 3 is 3.00 bits per heavy atom. The van der Waals surface area contributed by atoms with Crippen molar-refractivity contribution >= 4 is 0 Å². The average Bonchev–Trinajstić information content (AvgIpc) is 2.61. The predicted octanol–water partition coefficient (Wildman–Crippen LogP) is 0.985. The number of aliphatic hydroxyl groups is 1. The first-order valence-corrected chi connectivity index (χ1v) is 5.42. The Morgan fingerprint density at radius 1 is 1.67 bits per heavy atom. The van der Waals surface area contributed by atoms with Gasteiger partial charge in [0.2, 0.25) is 0 Å². The summed E-state index contributed by atoms with van der Waals surface area (Å²) >= 11 is 0. The molecule has 2 rings (SSSR count). The molecule has 1 aromatic rings. The smallest absolute Gasteiger partial charge is 0.111 e. The molecular formula is C11H18N2O2. The van der Waals surface area contributed by atoms with Crippen LogP contribution in [0.2, 0.25) is 0 Å². The van der Waals surface area contributed by atoms with Crippen LogP contribution in [0.3, 0.4) is 0 Å². The van der Waals surface area contributed by atoms with E-state index in [0.717, 1.165) is 25.2 Å². The number of aryl methyl sites for hydroxylation is 1. The van der Waals surface area contributed by atoms with Crippen molar-refractivity contribution in [3.05, 3.63) is 18.2 Å². The van der Waals surface area contributed by atoms with Crippen molar-refractivity contribution in [2.75, 3.05) is 7.11 Å². The topological polar surface area (TPSA) is 47.3 Å². The molecule has 1 aliphatic carbocycles. The number of imidazole rings is 1. The molecule has 1 fully saturated rings.